The van der Waals surface area contributed by atoms with Gasteiger partial charge in [-0.05, 0) is 69.4 Å². The third kappa shape index (κ3) is 5.57. The van der Waals surface area contributed by atoms with E-state index in [1.165, 1.54) is 19.3 Å². The maximum Gasteiger partial charge on any atom is 0.303 e. The maximum atomic E-state index is 13.1. The zero-order valence-electron chi connectivity index (χ0n) is 17.5. The average Bonchev–Trinajstić information content (AvgIpc) is 2.61. The van der Waals surface area contributed by atoms with Crippen LogP contribution >= 0.6 is 0 Å². The standard InChI is InChI=1S/C23H35NO3/c1-6-17-7-9-20(16(3)13-17)24-22(27)23(4,5)19-12-15(2)11-18(14-19)8-10-21(25)26/h11-12,14,16-17,20H,6-10,13H2,1-5H3,(H,24,27)(H,25,26)/t16?,17?,20-/m1/s1. The number of carboxylic acids is 1. The molecule has 2 unspecified atom stereocenters. The summed E-state index contributed by atoms with van der Waals surface area (Å²) >= 11 is 0. The molecule has 1 saturated carbocycles. The number of aryl methyl sites for hydroxylation is 2. The minimum Gasteiger partial charge on any atom is -0.481 e. The number of carbonyl (C=O) groups excluding carboxylic acids is 1. The zero-order chi connectivity index (χ0) is 20.2. The van der Waals surface area contributed by atoms with E-state index in [1.807, 2.05) is 39.0 Å². The fourth-order valence-corrected chi connectivity index (χ4v) is 4.19. The van der Waals surface area contributed by atoms with Crippen LogP contribution in [0, 0.1) is 18.8 Å². The van der Waals surface area contributed by atoms with Gasteiger partial charge in [0.2, 0.25) is 5.91 Å². The summed E-state index contributed by atoms with van der Waals surface area (Å²) < 4.78 is 0. The summed E-state index contributed by atoms with van der Waals surface area (Å²) in [5.41, 5.74) is 2.34. The molecule has 0 saturated heterocycles. The van der Waals surface area contributed by atoms with Gasteiger partial charge in [0.05, 0.1) is 5.41 Å². The molecule has 2 rings (SSSR count). The molecule has 1 aromatic rings. The van der Waals surface area contributed by atoms with Gasteiger partial charge in [0.15, 0.2) is 0 Å². The molecule has 1 aliphatic rings. The topological polar surface area (TPSA) is 66.4 Å². The molecule has 0 aliphatic heterocycles. The van der Waals surface area contributed by atoms with Crippen LogP contribution in [0.2, 0.25) is 0 Å². The Morgan fingerprint density at radius 2 is 1.93 bits per heavy atom. The van der Waals surface area contributed by atoms with Gasteiger partial charge in [0, 0.05) is 12.5 Å². The van der Waals surface area contributed by atoms with E-state index in [-0.39, 0.29) is 18.4 Å². The van der Waals surface area contributed by atoms with Crippen molar-refractivity contribution in [3.63, 3.8) is 0 Å². The molecule has 1 aromatic carbocycles. The van der Waals surface area contributed by atoms with Crippen LogP contribution in [0.15, 0.2) is 18.2 Å². The first-order chi connectivity index (χ1) is 12.6. The number of hydrogen-bond acceptors (Lipinski definition) is 2. The second kappa shape index (κ2) is 8.90. The van der Waals surface area contributed by atoms with Gasteiger partial charge in [-0.25, -0.2) is 0 Å². The lowest BCUT2D eigenvalue weighted by atomic mass is 9.76. The molecule has 3 atom stereocenters. The van der Waals surface area contributed by atoms with Crippen molar-refractivity contribution in [1.82, 2.24) is 5.32 Å². The summed E-state index contributed by atoms with van der Waals surface area (Å²) in [4.78, 5) is 24.0. The highest BCUT2D eigenvalue weighted by atomic mass is 16.4. The van der Waals surface area contributed by atoms with Crippen molar-refractivity contribution in [3.05, 3.63) is 34.9 Å². The molecule has 4 heteroatoms. The first kappa shape index (κ1) is 21.5. The summed E-state index contributed by atoms with van der Waals surface area (Å²) in [7, 11) is 0. The molecule has 150 valence electrons. The van der Waals surface area contributed by atoms with Gasteiger partial charge in [-0.1, -0.05) is 44.0 Å². The van der Waals surface area contributed by atoms with E-state index < -0.39 is 11.4 Å². The largest absolute Gasteiger partial charge is 0.481 e. The quantitative estimate of drug-likeness (QED) is 0.733. The number of benzene rings is 1. The molecule has 1 amide bonds. The van der Waals surface area contributed by atoms with E-state index in [0.717, 1.165) is 29.0 Å². The molecular formula is C23H35NO3. The third-order valence-electron chi connectivity index (χ3n) is 6.23. The van der Waals surface area contributed by atoms with Crippen LogP contribution in [-0.2, 0) is 21.4 Å². The normalized spacial score (nSPS) is 23.1. The van der Waals surface area contributed by atoms with Gasteiger partial charge in [-0.2, -0.15) is 0 Å². The Morgan fingerprint density at radius 1 is 1.22 bits per heavy atom. The molecular weight excluding hydrogens is 338 g/mol. The number of nitrogens with one attached hydrogen (secondary N) is 1. The van der Waals surface area contributed by atoms with Crippen molar-refractivity contribution in [2.75, 3.05) is 0 Å². The molecule has 2 N–H and O–H groups in total. The molecule has 0 bridgehead atoms. The van der Waals surface area contributed by atoms with Crippen molar-refractivity contribution in [2.45, 2.75) is 84.6 Å². The average molecular weight is 374 g/mol. The Bertz CT molecular complexity index is 680. The monoisotopic (exact) mass is 373 g/mol. The fourth-order valence-electron chi connectivity index (χ4n) is 4.19. The van der Waals surface area contributed by atoms with E-state index in [2.05, 4.69) is 19.2 Å². The highest BCUT2D eigenvalue weighted by Crippen LogP contribution is 2.32. The number of carbonyl (C=O) groups is 2. The lowest BCUT2D eigenvalue weighted by Gasteiger charge is -2.36. The lowest BCUT2D eigenvalue weighted by Crippen LogP contribution is -2.49. The fraction of sp³-hybridized carbons (Fsp3) is 0.652. The Hall–Kier alpha value is -1.84. The number of aliphatic carboxylic acids is 1. The molecule has 0 heterocycles. The molecule has 0 spiro atoms. The summed E-state index contributed by atoms with van der Waals surface area (Å²) in [6, 6.07) is 6.29. The van der Waals surface area contributed by atoms with Crippen molar-refractivity contribution < 1.29 is 14.7 Å². The molecule has 0 radical (unpaired) electrons. The molecule has 1 aliphatic carbocycles. The van der Waals surface area contributed by atoms with Crippen molar-refractivity contribution in [1.29, 1.82) is 0 Å². The minimum absolute atomic E-state index is 0.0593. The van der Waals surface area contributed by atoms with Crippen LogP contribution in [-0.4, -0.2) is 23.0 Å². The van der Waals surface area contributed by atoms with Crippen molar-refractivity contribution >= 4 is 11.9 Å². The highest BCUT2D eigenvalue weighted by Gasteiger charge is 2.34. The van der Waals surface area contributed by atoms with Crippen LogP contribution < -0.4 is 5.32 Å². The Morgan fingerprint density at radius 3 is 2.52 bits per heavy atom. The second-order valence-corrected chi connectivity index (χ2v) is 8.87. The SMILES string of the molecule is CCC1CC[C@@H](NC(=O)C(C)(C)c2cc(C)cc(CCC(=O)O)c2)C(C)C1. The first-order valence-corrected chi connectivity index (χ1v) is 10.3. The molecule has 4 nitrogen and oxygen atoms in total. The predicted molar refractivity (Wildman–Crippen MR) is 109 cm³/mol. The Labute approximate surface area is 163 Å². The van der Waals surface area contributed by atoms with Gasteiger partial charge in [0.1, 0.15) is 0 Å². The van der Waals surface area contributed by atoms with Crippen LogP contribution in [0.25, 0.3) is 0 Å². The van der Waals surface area contributed by atoms with E-state index in [1.54, 1.807) is 0 Å². The van der Waals surface area contributed by atoms with Crippen LogP contribution in [0.1, 0.15) is 76.5 Å². The van der Waals surface area contributed by atoms with Crippen LogP contribution in [0.5, 0.6) is 0 Å². The first-order valence-electron chi connectivity index (χ1n) is 10.3. The summed E-state index contributed by atoms with van der Waals surface area (Å²) in [6.45, 7) is 10.4. The minimum atomic E-state index is -0.799. The molecule has 1 fully saturated rings. The number of amides is 1. The van der Waals surface area contributed by atoms with Gasteiger partial charge in [-0.3, -0.25) is 9.59 Å². The lowest BCUT2D eigenvalue weighted by molar-refractivity contribution is -0.137. The van der Waals surface area contributed by atoms with E-state index >= 15 is 0 Å². The van der Waals surface area contributed by atoms with Crippen LogP contribution in [0.4, 0.5) is 0 Å². The van der Waals surface area contributed by atoms with E-state index in [4.69, 9.17) is 5.11 Å². The summed E-state index contributed by atoms with van der Waals surface area (Å²) in [5, 5.41) is 12.2. The highest BCUT2D eigenvalue weighted by molar-refractivity contribution is 5.87. The van der Waals surface area contributed by atoms with E-state index in [9.17, 15) is 9.59 Å². The van der Waals surface area contributed by atoms with Gasteiger partial charge in [-0.15, -0.1) is 0 Å². The van der Waals surface area contributed by atoms with Gasteiger partial charge in [0.25, 0.3) is 0 Å². The summed E-state index contributed by atoms with van der Waals surface area (Å²) in [5.74, 6) is 0.553. The Kier molecular flexibility index (Phi) is 7.07. The smallest absolute Gasteiger partial charge is 0.303 e. The molecule has 0 aromatic heterocycles. The number of carboxylic acid groups (broad SMARTS) is 1. The van der Waals surface area contributed by atoms with Crippen LogP contribution in [0.3, 0.4) is 0 Å². The number of rotatable bonds is 7. The van der Waals surface area contributed by atoms with E-state index in [0.29, 0.717) is 12.3 Å². The van der Waals surface area contributed by atoms with Gasteiger partial charge >= 0.3 is 5.97 Å². The maximum absolute atomic E-state index is 13.1. The predicted octanol–water partition coefficient (Wildman–Crippen LogP) is 4.62. The van der Waals surface area contributed by atoms with Crippen molar-refractivity contribution in [2.24, 2.45) is 11.8 Å². The molecule has 27 heavy (non-hydrogen) atoms. The number of hydrogen-bond donors (Lipinski definition) is 2. The third-order valence-corrected chi connectivity index (χ3v) is 6.23. The second-order valence-electron chi connectivity index (χ2n) is 8.87. The summed E-state index contributed by atoms with van der Waals surface area (Å²) in [6.07, 6.45) is 5.24. The Balaban J connectivity index is 2.12. The van der Waals surface area contributed by atoms with Crippen molar-refractivity contribution in [3.8, 4) is 0 Å². The zero-order valence-corrected chi connectivity index (χ0v) is 17.5. The van der Waals surface area contributed by atoms with Gasteiger partial charge < -0.3 is 10.4 Å².